The lowest BCUT2D eigenvalue weighted by Crippen LogP contribution is -1.99. The Balaban J connectivity index is 2.40. The van der Waals surface area contributed by atoms with Crippen LogP contribution >= 0.6 is 43.5 Å². The third-order valence-electron chi connectivity index (χ3n) is 3.02. The molecule has 0 amide bonds. The molecule has 0 radical (unpaired) electrons. The van der Waals surface area contributed by atoms with E-state index in [-0.39, 0.29) is 4.83 Å². The van der Waals surface area contributed by atoms with E-state index in [0.717, 1.165) is 27.1 Å². The molecule has 0 aliphatic carbocycles. The van der Waals surface area contributed by atoms with E-state index in [9.17, 15) is 0 Å². The molecule has 1 unspecified atom stereocenters. The summed E-state index contributed by atoms with van der Waals surface area (Å²) < 4.78 is 11.9. The molecular weight excluding hydrogens is 419 g/mol. The Labute approximate surface area is 146 Å². The summed E-state index contributed by atoms with van der Waals surface area (Å²) in [6.45, 7) is 2.61. The Morgan fingerprint density at radius 1 is 1.14 bits per heavy atom. The van der Waals surface area contributed by atoms with Crippen molar-refractivity contribution in [1.29, 1.82) is 0 Å². The Kier molecular flexibility index (Phi) is 5.97. The highest BCUT2D eigenvalue weighted by Gasteiger charge is 2.18. The van der Waals surface area contributed by atoms with E-state index in [0.29, 0.717) is 11.6 Å². The molecule has 0 aromatic heterocycles. The average Bonchev–Trinajstić information content (AvgIpc) is 2.47. The normalized spacial score (nSPS) is 12.0. The second kappa shape index (κ2) is 7.52. The summed E-state index contributed by atoms with van der Waals surface area (Å²) >= 11 is 13.4. The summed E-state index contributed by atoms with van der Waals surface area (Å²) in [5.74, 6) is 1.63. The fourth-order valence-electron chi connectivity index (χ4n) is 2.04. The van der Waals surface area contributed by atoms with Crippen molar-refractivity contribution in [2.75, 3.05) is 13.7 Å². The van der Waals surface area contributed by atoms with Crippen molar-refractivity contribution in [1.82, 2.24) is 0 Å². The summed E-state index contributed by atoms with van der Waals surface area (Å²) in [6, 6.07) is 11.5. The lowest BCUT2D eigenvalue weighted by molar-refractivity contribution is 0.340. The molecule has 0 N–H and O–H groups in total. The van der Waals surface area contributed by atoms with E-state index < -0.39 is 0 Å². The molecule has 2 aromatic carbocycles. The van der Waals surface area contributed by atoms with E-state index in [1.165, 1.54) is 0 Å². The molecule has 0 aliphatic rings. The molecule has 0 spiro atoms. The van der Waals surface area contributed by atoms with Gasteiger partial charge >= 0.3 is 0 Å². The predicted molar refractivity (Wildman–Crippen MR) is 94.1 cm³/mol. The van der Waals surface area contributed by atoms with Crippen molar-refractivity contribution in [2.45, 2.75) is 11.8 Å². The summed E-state index contributed by atoms with van der Waals surface area (Å²) in [7, 11) is 1.65. The molecule has 0 aliphatic heterocycles. The highest BCUT2D eigenvalue weighted by molar-refractivity contribution is 9.11. The fraction of sp³-hybridized carbons (Fsp3) is 0.250. The van der Waals surface area contributed by atoms with Crippen molar-refractivity contribution in [3.8, 4) is 11.5 Å². The zero-order valence-corrected chi connectivity index (χ0v) is 15.6. The molecule has 0 saturated heterocycles. The van der Waals surface area contributed by atoms with Gasteiger partial charge in [-0.2, -0.15) is 0 Å². The van der Waals surface area contributed by atoms with Crippen LogP contribution in [0.4, 0.5) is 0 Å². The Morgan fingerprint density at radius 2 is 1.90 bits per heavy atom. The van der Waals surface area contributed by atoms with Gasteiger partial charge in [-0.3, -0.25) is 0 Å². The van der Waals surface area contributed by atoms with Crippen LogP contribution in [-0.4, -0.2) is 13.7 Å². The number of alkyl halides is 1. The summed E-state index contributed by atoms with van der Waals surface area (Å²) in [4.78, 5) is -0.0313. The molecule has 0 fully saturated rings. The van der Waals surface area contributed by atoms with Gasteiger partial charge in [0.15, 0.2) is 0 Å². The first-order valence-corrected chi connectivity index (χ1v) is 8.55. The minimum Gasteiger partial charge on any atom is -0.496 e. The van der Waals surface area contributed by atoms with Crippen LogP contribution in [0.1, 0.15) is 22.9 Å². The highest BCUT2D eigenvalue weighted by Crippen LogP contribution is 2.41. The molecule has 5 heteroatoms. The van der Waals surface area contributed by atoms with Crippen LogP contribution < -0.4 is 9.47 Å². The third-order valence-corrected chi connectivity index (χ3v) is 4.93. The Morgan fingerprint density at radius 3 is 2.52 bits per heavy atom. The molecule has 2 aromatic rings. The third kappa shape index (κ3) is 3.93. The molecule has 2 rings (SSSR count). The molecule has 0 bridgehead atoms. The van der Waals surface area contributed by atoms with Crippen LogP contribution in [-0.2, 0) is 0 Å². The minimum absolute atomic E-state index is 0.0313. The maximum absolute atomic E-state index is 6.10. The quantitative estimate of drug-likeness (QED) is 0.538. The SMILES string of the molecule is CCOc1ccc(C(Br)c2cc(Cl)ccc2OC)c(Br)c1. The van der Waals surface area contributed by atoms with Gasteiger partial charge in [0.25, 0.3) is 0 Å². The predicted octanol–water partition coefficient (Wildman–Crippen LogP) is 5.99. The topological polar surface area (TPSA) is 18.5 Å². The van der Waals surface area contributed by atoms with Crippen LogP contribution in [0.25, 0.3) is 0 Å². The Bertz CT molecular complexity index is 632. The summed E-state index contributed by atoms with van der Waals surface area (Å²) in [5.41, 5.74) is 2.06. The van der Waals surface area contributed by atoms with Gasteiger partial charge in [-0.25, -0.2) is 0 Å². The van der Waals surface area contributed by atoms with E-state index in [1.54, 1.807) is 7.11 Å². The smallest absolute Gasteiger partial charge is 0.123 e. The van der Waals surface area contributed by atoms with Gasteiger partial charge in [0, 0.05) is 15.1 Å². The van der Waals surface area contributed by atoms with Crippen LogP contribution in [0.5, 0.6) is 11.5 Å². The Hall–Kier alpha value is -0.710. The van der Waals surface area contributed by atoms with E-state index in [4.69, 9.17) is 21.1 Å². The number of hydrogen-bond acceptors (Lipinski definition) is 2. The zero-order valence-electron chi connectivity index (χ0n) is 11.7. The van der Waals surface area contributed by atoms with E-state index >= 15 is 0 Å². The van der Waals surface area contributed by atoms with Gasteiger partial charge in [-0.1, -0.05) is 49.5 Å². The minimum atomic E-state index is -0.0313. The number of hydrogen-bond donors (Lipinski definition) is 0. The summed E-state index contributed by atoms with van der Waals surface area (Å²) in [6.07, 6.45) is 0. The van der Waals surface area contributed by atoms with E-state index in [2.05, 4.69) is 31.9 Å². The van der Waals surface area contributed by atoms with Gasteiger partial charge in [0.2, 0.25) is 0 Å². The van der Waals surface area contributed by atoms with Crippen molar-refractivity contribution in [3.05, 3.63) is 57.0 Å². The van der Waals surface area contributed by atoms with Crippen LogP contribution in [0.2, 0.25) is 5.02 Å². The molecule has 0 heterocycles. The van der Waals surface area contributed by atoms with Crippen molar-refractivity contribution < 1.29 is 9.47 Å². The fourth-order valence-corrected chi connectivity index (χ4v) is 3.87. The standard InChI is InChI=1S/C16H15Br2ClO2/c1-3-21-11-5-6-12(14(17)9-11)16(18)13-8-10(19)4-7-15(13)20-2/h4-9,16H,3H2,1-2H3. The first-order valence-electron chi connectivity index (χ1n) is 6.46. The van der Waals surface area contributed by atoms with Gasteiger partial charge in [-0.05, 0) is 42.8 Å². The maximum Gasteiger partial charge on any atom is 0.123 e. The van der Waals surface area contributed by atoms with Crippen LogP contribution in [0, 0.1) is 0 Å². The van der Waals surface area contributed by atoms with Crippen LogP contribution in [0.3, 0.4) is 0 Å². The molecule has 2 nitrogen and oxygen atoms in total. The highest BCUT2D eigenvalue weighted by atomic mass is 79.9. The molecular formula is C16H15Br2ClO2. The lowest BCUT2D eigenvalue weighted by Gasteiger charge is -2.17. The number of methoxy groups -OCH3 is 1. The number of halogens is 3. The molecule has 21 heavy (non-hydrogen) atoms. The zero-order chi connectivity index (χ0) is 15.4. The van der Waals surface area contributed by atoms with E-state index in [1.807, 2.05) is 43.3 Å². The van der Waals surface area contributed by atoms with Crippen molar-refractivity contribution >= 4 is 43.5 Å². The first kappa shape index (κ1) is 16.7. The largest absolute Gasteiger partial charge is 0.496 e. The second-order valence-electron chi connectivity index (χ2n) is 4.37. The second-order valence-corrected chi connectivity index (χ2v) is 6.57. The molecule has 112 valence electrons. The van der Waals surface area contributed by atoms with Crippen molar-refractivity contribution in [3.63, 3.8) is 0 Å². The molecule has 1 atom stereocenters. The van der Waals surface area contributed by atoms with Crippen LogP contribution in [0.15, 0.2) is 40.9 Å². The van der Waals surface area contributed by atoms with Crippen molar-refractivity contribution in [2.24, 2.45) is 0 Å². The first-order chi connectivity index (χ1) is 10.1. The summed E-state index contributed by atoms with van der Waals surface area (Å²) in [5, 5.41) is 0.678. The van der Waals surface area contributed by atoms with Gasteiger partial charge in [0.05, 0.1) is 18.5 Å². The number of ether oxygens (including phenoxy) is 2. The van der Waals surface area contributed by atoms with Gasteiger partial charge in [0.1, 0.15) is 11.5 Å². The maximum atomic E-state index is 6.10. The number of benzene rings is 2. The number of rotatable bonds is 5. The average molecular weight is 435 g/mol. The van der Waals surface area contributed by atoms with Gasteiger partial charge < -0.3 is 9.47 Å². The monoisotopic (exact) mass is 432 g/mol. The molecule has 0 saturated carbocycles. The van der Waals surface area contributed by atoms with Gasteiger partial charge in [-0.15, -0.1) is 0 Å². The lowest BCUT2D eigenvalue weighted by atomic mass is 10.0.